The Morgan fingerprint density at radius 1 is 0.487 bits per heavy atom. The SMILES string of the molecule is CCC1=C(c2ccccc2)N=C(c2cccc3c2-c2ccccc2C3(C)C)CCCC1c1cccc2oc3ccc(-c4ccc5c(c4)c4ccccc4n5-c4ccc5c(c4)c4ccccc4n5-c4ccccc4)cc3c12. The highest BCUT2D eigenvalue weighted by Crippen LogP contribution is 2.51. The monoisotopic (exact) mass is 977 g/mol. The van der Waals surface area contributed by atoms with Gasteiger partial charge in [-0.05, 0) is 143 Å². The Labute approximate surface area is 442 Å². The van der Waals surface area contributed by atoms with Gasteiger partial charge in [-0.15, -0.1) is 0 Å². The molecule has 0 N–H and O–H groups in total. The van der Waals surface area contributed by atoms with Crippen LogP contribution in [0.15, 0.2) is 239 Å². The number of fused-ring (bicyclic) bond motifs is 12. The number of hydrogen-bond acceptors (Lipinski definition) is 2. The quantitative estimate of drug-likeness (QED) is 0.157. The summed E-state index contributed by atoms with van der Waals surface area (Å²) in [7, 11) is 0. The molecule has 13 aromatic rings. The van der Waals surface area contributed by atoms with Crippen LogP contribution in [0.1, 0.15) is 80.2 Å². The van der Waals surface area contributed by atoms with Gasteiger partial charge in [0.25, 0.3) is 0 Å². The van der Waals surface area contributed by atoms with Gasteiger partial charge in [0, 0.05) is 71.9 Å². The number of para-hydroxylation sites is 3. The fraction of sp³-hybridized carbons (Fsp3) is 0.125. The third-order valence-corrected chi connectivity index (χ3v) is 17.1. The molecule has 1 aliphatic carbocycles. The molecule has 1 atom stereocenters. The summed E-state index contributed by atoms with van der Waals surface area (Å²) < 4.78 is 11.6. The van der Waals surface area contributed by atoms with E-state index >= 15 is 0 Å². The number of aromatic nitrogens is 2. The molecule has 0 saturated carbocycles. The van der Waals surface area contributed by atoms with Crippen molar-refractivity contribution in [2.45, 2.75) is 57.8 Å². The lowest BCUT2D eigenvalue weighted by molar-refractivity contribution is 0.648. The zero-order chi connectivity index (χ0) is 50.6. The fourth-order valence-corrected chi connectivity index (χ4v) is 13.6. The number of aliphatic imine (C=N–C) groups is 1. The van der Waals surface area contributed by atoms with Crippen LogP contribution in [-0.4, -0.2) is 14.8 Å². The summed E-state index contributed by atoms with van der Waals surface area (Å²) in [5.41, 5.74) is 24.0. The van der Waals surface area contributed by atoms with Gasteiger partial charge in [-0.2, -0.15) is 0 Å². The normalized spacial score (nSPS) is 15.5. The van der Waals surface area contributed by atoms with Crippen molar-refractivity contribution in [1.82, 2.24) is 9.13 Å². The van der Waals surface area contributed by atoms with Crippen molar-refractivity contribution in [3.05, 3.63) is 258 Å². The van der Waals surface area contributed by atoms with E-state index in [-0.39, 0.29) is 11.3 Å². The number of rotatable bonds is 7. The highest BCUT2D eigenvalue weighted by molar-refractivity contribution is 6.14. The molecule has 364 valence electrons. The zero-order valence-electron chi connectivity index (χ0n) is 43.0. The second kappa shape index (κ2) is 17.3. The van der Waals surface area contributed by atoms with Crippen molar-refractivity contribution < 1.29 is 4.42 Å². The highest BCUT2D eigenvalue weighted by atomic mass is 16.3. The van der Waals surface area contributed by atoms with Crippen LogP contribution in [0.4, 0.5) is 0 Å². The van der Waals surface area contributed by atoms with Crippen LogP contribution in [0.25, 0.3) is 105 Å². The van der Waals surface area contributed by atoms with Gasteiger partial charge in [0.1, 0.15) is 11.2 Å². The average molecular weight is 978 g/mol. The van der Waals surface area contributed by atoms with Gasteiger partial charge < -0.3 is 13.6 Å². The van der Waals surface area contributed by atoms with Crippen LogP contribution < -0.4 is 0 Å². The standard InChI is InChI=1S/C72H55N3O/c1-4-50-51(27-18-32-62(73-71(50)45-20-7-5-8-21-45)56-29-17-31-61-69(56)55-26-11-14-30-60(55)72(61,2)3)54-28-19-35-68-70(54)59-43-47(37-41-67(59)76-68)46-36-39-65-57(42-46)52-24-12-16-34-64(52)75(65)49-38-40-66-58(44-49)53-25-13-15-33-63(53)74(66)48-22-9-6-10-23-48/h5-17,19-26,28-31,33-44,51H,4,18,27,32H2,1-3H3. The largest absolute Gasteiger partial charge is 0.456 e. The van der Waals surface area contributed by atoms with E-state index in [1.807, 2.05) is 0 Å². The molecule has 0 radical (unpaired) electrons. The Morgan fingerprint density at radius 3 is 1.87 bits per heavy atom. The Morgan fingerprint density at radius 2 is 1.09 bits per heavy atom. The molecule has 4 heteroatoms. The first kappa shape index (κ1) is 44.5. The predicted octanol–water partition coefficient (Wildman–Crippen LogP) is 19.3. The van der Waals surface area contributed by atoms with Crippen molar-refractivity contribution in [1.29, 1.82) is 0 Å². The summed E-state index contributed by atoms with van der Waals surface area (Å²) >= 11 is 0. The van der Waals surface area contributed by atoms with Gasteiger partial charge in [0.2, 0.25) is 0 Å². The Balaban J connectivity index is 0.860. The summed E-state index contributed by atoms with van der Waals surface area (Å²) in [4.78, 5) is 5.86. The predicted molar refractivity (Wildman–Crippen MR) is 319 cm³/mol. The topological polar surface area (TPSA) is 35.4 Å². The number of benzene rings is 10. The summed E-state index contributed by atoms with van der Waals surface area (Å²) in [6.45, 7) is 7.06. The van der Waals surface area contributed by atoms with Crippen molar-refractivity contribution in [3.8, 4) is 33.6 Å². The maximum absolute atomic E-state index is 6.79. The molecule has 0 saturated heterocycles. The van der Waals surface area contributed by atoms with Gasteiger partial charge in [-0.25, -0.2) is 0 Å². The third-order valence-electron chi connectivity index (χ3n) is 17.1. The van der Waals surface area contributed by atoms with Gasteiger partial charge >= 0.3 is 0 Å². The van der Waals surface area contributed by atoms with E-state index in [1.54, 1.807) is 0 Å². The minimum atomic E-state index is -0.0783. The highest BCUT2D eigenvalue weighted by Gasteiger charge is 2.37. The lowest BCUT2D eigenvalue weighted by Gasteiger charge is -2.27. The summed E-state index contributed by atoms with van der Waals surface area (Å²) in [6.07, 6.45) is 3.79. The van der Waals surface area contributed by atoms with Crippen molar-refractivity contribution in [2.75, 3.05) is 0 Å². The molecular formula is C72H55N3O. The van der Waals surface area contributed by atoms with Crippen LogP contribution in [0.2, 0.25) is 0 Å². The van der Waals surface area contributed by atoms with Crippen molar-refractivity contribution >= 4 is 77.0 Å². The lowest BCUT2D eigenvalue weighted by atomic mass is 9.79. The van der Waals surface area contributed by atoms with E-state index in [0.29, 0.717) is 0 Å². The van der Waals surface area contributed by atoms with E-state index in [9.17, 15) is 0 Å². The van der Waals surface area contributed by atoms with Crippen LogP contribution in [-0.2, 0) is 5.41 Å². The minimum Gasteiger partial charge on any atom is -0.456 e. The van der Waals surface area contributed by atoms with E-state index in [4.69, 9.17) is 9.41 Å². The van der Waals surface area contributed by atoms with E-state index in [0.717, 1.165) is 64.9 Å². The summed E-state index contributed by atoms with van der Waals surface area (Å²) in [5, 5.41) is 7.30. The first-order valence-electron chi connectivity index (χ1n) is 27.1. The fourth-order valence-electron chi connectivity index (χ4n) is 13.6. The van der Waals surface area contributed by atoms with Crippen LogP contribution in [0, 0.1) is 0 Å². The second-order valence-electron chi connectivity index (χ2n) is 21.5. The van der Waals surface area contributed by atoms with Crippen molar-refractivity contribution in [2.24, 2.45) is 4.99 Å². The van der Waals surface area contributed by atoms with Crippen LogP contribution in [0.3, 0.4) is 0 Å². The molecule has 0 fully saturated rings. The Bertz CT molecular complexity index is 4560. The number of nitrogens with zero attached hydrogens (tertiary/aromatic N) is 3. The van der Waals surface area contributed by atoms with Gasteiger partial charge in [-0.1, -0.05) is 172 Å². The lowest BCUT2D eigenvalue weighted by Crippen LogP contribution is -2.16. The Hall–Kier alpha value is -8.99. The average Bonchev–Trinajstić information content (AvgIpc) is 4.31. The van der Waals surface area contributed by atoms with Crippen LogP contribution >= 0.6 is 0 Å². The van der Waals surface area contributed by atoms with Gasteiger partial charge in [0.15, 0.2) is 0 Å². The molecule has 0 bridgehead atoms. The molecule has 2 aliphatic rings. The maximum Gasteiger partial charge on any atom is 0.135 e. The third kappa shape index (κ3) is 6.73. The molecular weight excluding hydrogens is 923 g/mol. The molecule has 4 nitrogen and oxygen atoms in total. The molecule has 1 aliphatic heterocycles. The molecule has 0 amide bonds. The summed E-state index contributed by atoms with van der Waals surface area (Å²) in [6, 6.07) is 82.6. The number of furan rings is 1. The number of allylic oxidation sites excluding steroid dienone is 1. The molecule has 15 rings (SSSR count). The van der Waals surface area contributed by atoms with E-state index in [1.165, 1.54) is 105 Å². The second-order valence-corrected chi connectivity index (χ2v) is 21.5. The maximum atomic E-state index is 6.79. The van der Waals surface area contributed by atoms with E-state index < -0.39 is 0 Å². The molecule has 4 heterocycles. The zero-order valence-corrected chi connectivity index (χ0v) is 43.0. The van der Waals surface area contributed by atoms with Crippen molar-refractivity contribution in [3.63, 3.8) is 0 Å². The first-order chi connectivity index (χ1) is 37.4. The molecule has 1 unspecified atom stereocenters. The number of hydrogen-bond donors (Lipinski definition) is 0. The molecule has 10 aromatic carbocycles. The Kier molecular flexibility index (Phi) is 10.1. The molecule has 76 heavy (non-hydrogen) atoms. The van der Waals surface area contributed by atoms with Gasteiger partial charge in [0.05, 0.1) is 27.8 Å². The first-order valence-corrected chi connectivity index (χ1v) is 27.1. The molecule has 0 spiro atoms. The van der Waals surface area contributed by atoms with Crippen LogP contribution in [0.5, 0.6) is 0 Å². The smallest absolute Gasteiger partial charge is 0.135 e. The van der Waals surface area contributed by atoms with E-state index in [2.05, 4.69) is 254 Å². The summed E-state index contributed by atoms with van der Waals surface area (Å²) in [5.74, 6) is 0.149. The molecule has 3 aromatic heterocycles. The minimum absolute atomic E-state index is 0.0783. The van der Waals surface area contributed by atoms with Gasteiger partial charge in [-0.3, -0.25) is 4.99 Å².